The van der Waals surface area contributed by atoms with Gasteiger partial charge in [-0.3, -0.25) is 0 Å². The molecule has 94 valence electrons. The van der Waals surface area contributed by atoms with Crippen LogP contribution in [0.25, 0.3) is 6.08 Å². The second-order valence-electron chi connectivity index (χ2n) is 4.45. The Morgan fingerprint density at radius 1 is 1.24 bits per heavy atom. The summed E-state index contributed by atoms with van der Waals surface area (Å²) < 4.78 is 26.2. The summed E-state index contributed by atoms with van der Waals surface area (Å²) in [7, 11) is 0. The molecule has 2 heteroatoms. The molecule has 0 radical (unpaired) electrons. The first-order valence-corrected chi connectivity index (χ1v) is 6.13. The molecule has 0 aliphatic rings. The summed E-state index contributed by atoms with van der Waals surface area (Å²) in [4.78, 5) is 0. The van der Waals surface area contributed by atoms with Crippen LogP contribution in [0.2, 0.25) is 0 Å². The van der Waals surface area contributed by atoms with E-state index in [0.29, 0.717) is 19.3 Å². The van der Waals surface area contributed by atoms with Gasteiger partial charge in [0.15, 0.2) is 0 Å². The number of hydrogen-bond donors (Lipinski definition) is 0. The molecule has 0 aromatic heterocycles. The maximum Gasteiger partial charge on any atom is 0.248 e. The largest absolute Gasteiger partial charge is 0.248 e. The van der Waals surface area contributed by atoms with Gasteiger partial charge in [-0.15, -0.1) is 0 Å². The topological polar surface area (TPSA) is 0 Å². The van der Waals surface area contributed by atoms with Crippen LogP contribution in [-0.2, 0) is 0 Å². The maximum atomic E-state index is 13.1. The molecule has 0 amide bonds. The number of allylic oxidation sites excluding steroid dienone is 1. The van der Waals surface area contributed by atoms with Crippen molar-refractivity contribution in [3.63, 3.8) is 0 Å². The van der Waals surface area contributed by atoms with Crippen molar-refractivity contribution in [2.45, 2.75) is 39.0 Å². The zero-order valence-corrected chi connectivity index (χ0v) is 10.5. The van der Waals surface area contributed by atoms with E-state index in [1.165, 1.54) is 0 Å². The minimum absolute atomic E-state index is 0.511. The highest BCUT2D eigenvalue weighted by molar-refractivity contribution is 5.48. The van der Waals surface area contributed by atoms with Gasteiger partial charge in [0.1, 0.15) is 0 Å². The van der Waals surface area contributed by atoms with Crippen molar-refractivity contribution in [3.05, 3.63) is 42.0 Å². The minimum Gasteiger partial charge on any atom is -0.207 e. The smallest absolute Gasteiger partial charge is 0.207 e. The fraction of sp³-hybridized carbons (Fsp3) is 0.467. The molecule has 0 saturated heterocycles. The molecule has 1 rings (SSSR count). The molecule has 1 atom stereocenters. The number of rotatable bonds is 6. The summed E-state index contributed by atoms with van der Waals surface area (Å²) in [6.45, 7) is 2.84. The first-order chi connectivity index (χ1) is 8.04. The van der Waals surface area contributed by atoms with Crippen LogP contribution in [0.1, 0.15) is 38.7 Å². The van der Waals surface area contributed by atoms with E-state index in [0.717, 1.165) is 12.5 Å². The molecule has 0 fully saturated rings. The van der Waals surface area contributed by atoms with Gasteiger partial charge in [0.25, 0.3) is 0 Å². The maximum absolute atomic E-state index is 13.1. The lowest BCUT2D eigenvalue weighted by Gasteiger charge is -2.21. The zero-order valence-electron chi connectivity index (χ0n) is 10.5. The summed E-state index contributed by atoms with van der Waals surface area (Å²) in [6.07, 6.45) is 5.74. The Labute approximate surface area is 102 Å². The quantitative estimate of drug-likeness (QED) is 0.642. The highest BCUT2D eigenvalue weighted by atomic mass is 19.3. The van der Waals surface area contributed by atoms with E-state index in [-0.39, 0.29) is 0 Å². The normalized spacial score (nSPS) is 14.1. The van der Waals surface area contributed by atoms with Gasteiger partial charge in [0.2, 0.25) is 5.92 Å². The van der Waals surface area contributed by atoms with E-state index in [2.05, 4.69) is 0 Å². The highest BCUT2D eigenvalue weighted by Gasteiger charge is 2.31. The SMILES string of the molecule is CCC(CC/C=C/c1ccccc1)C(C)(F)F. The van der Waals surface area contributed by atoms with Crippen LogP contribution < -0.4 is 0 Å². The van der Waals surface area contributed by atoms with Crippen LogP contribution in [-0.4, -0.2) is 5.92 Å². The first kappa shape index (κ1) is 13.9. The van der Waals surface area contributed by atoms with Gasteiger partial charge in [-0.05, 0) is 31.7 Å². The van der Waals surface area contributed by atoms with Crippen molar-refractivity contribution in [1.29, 1.82) is 0 Å². The van der Waals surface area contributed by atoms with E-state index in [9.17, 15) is 8.78 Å². The van der Waals surface area contributed by atoms with Gasteiger partial charge in [-0.2, -0.15) is 0 Å². The van der Waals surface area contributed by atoms with E-state index >= 15 is 0 Å². The average Bonchev–Trinajstić information content (AvgIpc) is 2.28. The zero-order chi connectivity index (χ0) is 12.7. The first-order valence-electron chi connectivity index (χ1n) is 6.13. The monoisotopic (exact) mass is 238 g/mol. The lowest BCUT2D eigenvalue weighted by molar-refractivity contribution is -0.0437. The molecule has 1 aromatic rings. The number of hydrogen-bond acceptors (Lipinski definition) is 0. The second-order valence-corrected chi connectivity index (χ2v) is 4.45. The summed E-state index contributed by atoms with van der Waals surface area (Å²) in [5.74, 6) is -3.07. The van der Waals surface area contributed by atoms with Gasteiger partial charge >= 0.3 is 0 Å². The third kappa shape index (κ3) is 5.12. The van der Waals surface area contributed by atoms with Crippen LogP contribution >= 0.6 is 0 Å². The van der Waals surface area contributed by atoms with E-state index < -0.39 is 11.8 Å². The lowest BCUT2D eigenvalue weighted by Crippen LogP contribution is -2.23. The van der Waals surface area contributed by atoms with Gasteiger partial charge < -0.3 is 0 Å². The van der Waals surface area contributed by atoms with Crippen molar-refractivity contribution in [2.24, 2.45) is 5.92 Å². The highest BCUT2D eigenvalue weighted by Crippen LogP contribution is 2.30. The second kappa shape index (κ2) is 6.53. The molecule has 0 spiro atoms. The predicted octanol–water partition coefficient (Wildman–Crippen LogP) is 5.16. The number of benzene rings is 1. The van der Waals surface area contributed by atoms with Crippen molar-refractivity contribution < 1.29 is 8.78 Å². The van der Waals surface area contributed by atoms with E-state index in [1.54, 1.807) is 0 Å². The third-order valence-corrected chi connectivity index (χ3v) is 3.00. The molecule has 0 saturated carbocycles. The molecular weight excluding hydrogens is 218 g/mol. The van der Waals surface area contributed by atoms with E-state index in [4.69, 9.17) is 0 Å². The summed E-state index contributed by atoms with van der Waals surface area (Å²) in [5.41, 5.74) is 1.11. The Hall–Kier alpha value is -1.18. The fourth-order valence-corrected chi connectivity index (χ4v) is 1.90. The van der Waals surface area contributed by atoms with Gasteiger partial charge in [-0.25, -0.2) is 8.78 Å². The molecule has 1 unspecified atom stereocenters. The van der Waals surface area contributed by atoms with Crippen LogP contribution in [0.15, 0.2) is 36.4 Å². The number of halogens is 2. The fourth-order valence-electron chi connectivity index (χ4n) is 1.90. The van der Waals surface area contributed by atoms with Crippen molar-refractivity contribution in [2.75, 3.05) is 0 Å². The predicted molar refractivity (Wildman–Crippen MR) is 69.1 cm³/mol. The molecule has 0 heterocycles. The Balaban J connectivity index is 2.39. The molecule has 0 aliphatic carbocycles. The van der Waals surface area contributed by atoms with Gasteiger partial charge in [0.05, 0.1) is 0 Å². The van der Waals surface area contributed by atoms with Crippen LogP contribution in [0.5, 0.6) is 0 Å². The molecular formula is C15H20F2. The van der Waals surface area contributed by atoms with Crippen LogP contribution in [0.3, 0.4) is 0 Å². The average molecular weight is 238 g/mol. The molecule has 0 N–H and O–H groups in total. The van der Waals surface area contributed by atoms with E-state index in [1.807, 2.05) is 49.4 Å². The molecule has 0 nitrogen and oxygen atoms in total. The van der Waals surface area contributed by atoms with Crippen molar-refractivity contribution >= 4 is 6.08 Å². The summed E-state index contributed by atoms with van der Waals surface area (Å²) >= 11 is 0. The molecule has 0 aliphatic heterocycles. The minimum atomic E-state index is -2.56. The van der Waals surface area contributed by atoms with Crippen molar-refractivity contribution in [3.8, 4) is 0 Å². The summed E-state index contributed by atoms with van der Waals surface area (Å²) in [6, 6.07) is 9.90. The Bertz CT molecular complexity index is 336. The van der Waals surface area contributed by atoms with Gasteiger partial charge in [0, 0.05) is 5.92 Å². The Morgan fingerprint density at radius 2 is 1.88 bits per heavy atom. The standard InChI is InChI=1S/C15H20F2/c1-3-14(15(2,16)17)12-8-7-11-13-9-5-4-6-10-13/h4-7,9-11,14H,3,8,12H2,1-2H3/b11-7+. The molecule has 0 bridgehead atoms. The number of alkyl halides is 2. The van der Waals surface area contributed by atoms with Gasteiger partial charge in [-0.1, -0.05) is 49.4 Å². The van der Waals surface area contributed by atoms with Crippen LogP contribution in [0.4, 0.5) is 8.78 Å². The van der Waals surface area contributed by atoms with Crippen molar-refractivity contribution in [1.82, 2.24) is 0 Å². The third-order valence-electron chi connectivity index (χ3n) is 3.00. The van der Waals surface area contributed by atoms with Crippen LogP contribution in [0, 0.1) is 5.92 Å². The lowest BCUT2D eigenvalue weighted by atomic mass is 9.94. The Kier molecular flexibility index (Phi) is 5.33. The summed E-state index contributed by atoms with van der Waals surface area (Å²) in [5, 5.41) is 0. The Morgan fingerprint density at radius 3 is 2.41 bits per heavy atom. The molecule has 17 heavy (non-hydrogen) atoms. The molecule has 1 aromatic carbocycles.